The lowest BCUT2D eigenvalue weighted by atomic mass is 10.0. The van der Waals surface area contributed by atoms with Crippen LogP contribution in [-0.2, 0) is 25.0 Å². The number of hydrogen-bond acceptors (Lipinski definition) is 6. The highest BCUT2D eigenvalue weighted by Gasteiger charge is 2.33. The molecule has 2 radical (unpaired) electrons. The standard InChI is InChI=1S/C14H19BNO5P/c1-10(17)14(16)6-11-2-4-12(5-3-11)21-22(18)9-19-13(7-15)8-20-22/h2-5,13-14H,6-9,16H2,1H3/t13-,14-,22?/m0/s1. The largest absolute Gasteiger partial charge is 0.423 e. The van der Waals surface area contributed by atoms with Gasteiger partial charge in [0, 0.05) is 0 Å². The molecule has 2 N–H and O–H groups in total. The fraction of sp³-hybridized carbons (Fsp3) is 0.500. The van der Waals surface area contributed by atoms with Crippen molar-refractivity contribution in [3.05, 3.63) is 29.8 Å². The fourth-order valence-corrected chi connectivity index (χ4v) is 3.32. The Morgan fingerprint density at radius 3 is 2.68 bits per heavy atom. The number of hydrogen-bond donors (Lipinski definition) is 1. The van der Waals surface area contributed by atoms with Crippen molar-refractivity contribution in [2.45, 2.75) is 31.8 Å². The number of carbonyl (C=O) groups excluding carboxylic acids is 1. The van der Waals surface area contributed by atoms with Crippen LogP contribution in [0.5, 0.6) is 5.75 Å². The van der Waals surface area contributed by atoms with Crippen LogP contribution in [-0.4, -0.2) is 38.7 Å². The topological polar surface area (TPSA) is 87.9 Å². The van der Waals surface area contributed by atoms with Crippen molar-refractivity contribution in [3.8, 4) is 5.75 Å². The maximum atomic E-state index is 12.3. The molecule has 0 saturated carbocycles. The van der Waals surface area contributed by atoms with E-state index in [1.807, 2.05) is 0 Å². The van der Waals surface area contributed by atoms with Gasteiger partial charge >= 0.3 is 7.60 Å². The molecule has 0 bridgehead atoms. The van der Waals surface area contributed by atoms with Gasteiger partial charge in [0.25, 0.3) is 0 Å². The number of carbonyl (C=O) groups is 1. The van der Waals surface area contributed by atoms with E-state index in [-0.39, 0.29) is 24.8 Å². The minimum atomic E-state index is -3.30. The van der Waals surface area contributed by atoms with Crippen LogP contribution in [0, 0.1) is 0 Å². The lowest BCUT2D eigenvalue weighted by Gasteiger charge is -2.28. The molecule has 1 aliphatic rings. The third-order valence-electron chi connectivity index (χ3n) is 3.33. The Balaban J connectivity index is 1.94. The SMILES string of the molecule is [B]C[C@H]1COP(=O)(Oc2ccc(C[C@H](N)C(C)=O)cc2)CO1. The van der Waals surface area contributed by atoms with Crippen molar-refractivity contribution >= 4 is 21.2 Å². The highest BCUT2D eigenvalue weighted by atomic mass is 31.2. The summed E-state index contributed by atoms with van der Waals surface area (Å²) in [5, 5.41) is 0. The van der Waals surface area contributed by atoms with Crippen molar-refractivity contribution < 1.29 is 23.1 Å². The molecule has 2 rings (SSSR count). The zero-order valence-corrected chi connectivity index (χ0v) is 13.3. The van der Waals surface area contributed by atoms with Gasteiger partial charge in [0.15, 0.2) is 6.35 Å². The van der Waals surface area contributed by atoms with Crippen LogP contribution in [0.25, 0.3) is 0 Å². The maximum Gasteiger partial charge on any atom is 0.404 e. The molecule has 0 spiro atoms. The summed E-state index contributed by atoms with van der Waals surface area (Å²) in [7, 11) is 2.15. The molecule has 6 nitrogen and oxygen atoms in total. The van der Waals surface area contributed by atoms with Crippen LogP contribution < -0.4 is 10.3 Å². The first kappa shape index (κ1) is 17.2. The number of nitrogens with two attached hydrogens (primary N) is 1. The summed E-state index contributed by atoms with van der Waals surface area (Å²) in [6.07, 6.45) is 0.392. The maximum absolute atomic E-state index is 12.3. The van der Waals surface area contributed by atoms with Crippen LogP contribution in [0.4, 0.5) is 0 Å². The van der Waals surface area contributed by atoms with Crippen LogP contribution in [0.15, 0.2) is 24.3 Å². The van der Waals surface area contributed by atoms with Gasteiger partial charge in [-0.05, 0) is 31.0 Å². The van der Waals surface area contributed by atoms with Crippen molar-refractivity contribution in [2.24, 2.45) is 5.73 Å². The van der Waals surface area contributed by atoms with E-state index in [0.717, 1.165) is 5.56 Å². The number of benzene rings is 1. The molecule has 1 saturated heterocycles. The molecule has 8 heteroatoms. The van der Waals surface area contributed by atoms with Crippen molar-refractivity contribution in [1.82, 2.24) is 0 Å². The molecule has 1 aliphatic heterocycles. The van der Waals surface area contributed by atoms with Gasteiger partial charge in [-0.1, -0.05) is 18.5 Å². The average Bonchev–Trinajstić information content (AvgIpc) is 2.50. The Labute approximate surface area is 131 Å². The molecular weight excluding hydrogens is 304 g/mol. The Bertz CT molecular complexity index is 553. The van der Waals surface area contributed by atoms with Gasteiger partial charge in [-0.3, -0.25) is 9.32 Å². The molecule has 118 valence electrons. The summed E-state index contributed by atoms with van der Waals surface area (Å²) in [5.74, 6) is 0.352. The number of ketones is 1. The lowest BCUT2D eigenvalue weighted by Crippen LogP contribution is -2.30. The highest BCUT2D eigenvalue weighted by Crippen LogP contribution is 2.50. The second-order valence-corrected chi connectivity index (χ2v) is 7.14. The zero-order valence-electron chi connectivity index (χ0n) is 12.4. The molecule has 1 heterocycles. The van der Waals surface area contributed by atoms with E-state index in [0.29, 0.717) is 18.5 Å². The first-order valence-electron chi connectivity index (χ1n) is 7.02. The van der Waals surface area contributed by atoms with E-state index >= 15 is 0 Å². The smallest absolute Gasteiger partial charge is 0.404 e. The molecule has 1 fully saturated rings. The van der Waals surface area contributed by atoms with E-state index < -0.39 is 13.6 Å². The molecule has 22 heavy (non-hydrogen) atoms. The van der Waals surface area contributed by atoms with Crippen LogP contribution >= 0.6 is 7.60 Å². The summed E-state index contributed by atoms with van der Waals surface area (Å²) in [4.78, 5) is 11.1. The predicted octanol–water partition coefficient (Wildman–Crippen LogP) is 1.68. The third-order valence-corrected chi connectivity index (χ3v) is 4.83. The van der Waals surface area contributed by atoms with Crippen LogP contribution in [0.3, 0.4) is 0 Å². The highest BCUT2D eigenvalue weighted by molar-refractivity contribution is 7.54. The summed E-state index contributed by atoms with van der Waals surface area (Å²) in [6.45, 7) is 1.61. The minimum absolute atomic E-state index is 0.0630. The second-order valence-electron chi connectivity index (χ2n) is 5.22. The van der Waals surface area contributed by atoms with Gasteiger partial charge in [0.2, 0.25) is 0 Å². The van der Waals surface area contributed by atoms with Gasteiger partial charge in [-0.25, -0.2) is 4.57 Å². The third kappa shape index (κ3) is 4.68. The van der Waals surface area contributed by atoms with E-state index in [4.69, 9.17) is 27.4 Å². The van der Waals surface area contributed by atoms with Crippen molar-refractivity contribution in [1.29, 1.82) is 0 Å². The molecule has 0 aliphatic carbocycles. The molecular formula is C14H19BNO5P. The van der Waals surface area contributed by atoms with Crippen LogP contribution in [0.2, 0.25) is 6.32 Å². The van der Waals surface area contributed by atoms with Gasteiger partial charge in [0.1, 0.15) is 11.5 Å². The quantitative estimate of drug-likeness (QED) is 0.633. The Kier molecular flexibility index (Phi) is 5.81. The van der Waals surface area contributed by atoms with Gasteiger partial charge < -0.3 is 15.0 Å². The number of ether oxygens (including phenoxy) is 1. The molecule has 3 atom stereocenters. The summed E-state index contributed by atoms with van der Waals surface area (Å²) in [5.41, 5.74) is 6.61. The Hall–Kier alpha value is -1.14. The van der Waals surface area contributed by atoms with E-state index in [1.54, 1.807) is 24.3 Å². The molecule has 1 aromatic rings. The van der Waals surface area contributed by atoms with Gasteiger partial charge in [-0.15, -0.1) is 0 Å². The monoisotopic (exact) mass is 323 g/mol. The Morgan fingerprint density at radius 1 is 1.50 bits per heavy atom. The molecule has 0 amide bonds. The lowest BCUT2D eigenvalue weighted by molar-refractivity contribution is -0.118. The zero-order chi connectivity index (χ0) is 16.2. The predicted molar refractivity (Wildman–Crippen MR) is 83.3 cm³/mol. The number of Topliss-reactive ketones (excluding diaryl/α,β-unsaturated/α-hetero) is 1. The first-order valence-corrected chi connectivity index (χ1v) is 8.74. The second kappa shape index (κ2) is 7.42. The van der Waals surface area contributed by atoms with Crippen molar-refractivity contribution in [3.63, 3.8) is 0 Å². The minimum Gasteiger partial charge on any atom is -0.423 e. The summed E-state index contributed by atoms with van der Waals surface area (Å²) < 4.78 is 28.3. The Morgan fingerprint density at radius 2 is 2.18 bits per heavy atom. The van der Waals surface area contributed by atoms with Gasteiger partial charge in [-0.2, -0.15) is 0 Å². The first-order chi connectivity index (χ1) is 10.4. The number of rotatable bonds is 6. The summed E-state index contributed by atoms with van der Waals surface area (Å²) >= 11 is 0. The van der Waals surface area contributed by atoms with Gasteiger partial charge in [0.05, 0.1) is 26.6 Å². The average molecular weight is 323 g/mol. The van der Waals surface area contributed by atoms with E-state index in [1.165, 1.54) is 6.92 Å². The fourth-order valence-electron chi connectivity index (χ4n) is 1.91. The normalized spacial score (nSPS) is 26.4. The van der Waals surface area contributed by atoms with Crippen molar-refractivity contribution in [2.75, 3.05) is 13.0 Å². The van der Waals surface area contributed by atoms with Crippen LogP contribution in [0.1, 0.15) is 12.5 Å². The molecule has 0 aromatic heterocycles. The van der Waals surface area contributed by atoms with E-state index in [2.05, 4.69) is 0 Å². The molecule has 1 unspecified atom stereocenters. The molecule has 1 aromatic carbocycles. The summed E-state index contributed by atoms with van der Waals surface area (Å²) in [6, 6.07) is 6.36. The van der Waals surface area contributed by atoms with E-state index in [9.17, 15) is 9.36 Å².